The summed E-state index contributed by atoms with van der Waals surface area (Å²) in [7, 11) is 1.29. The first kappa shape index (κ1) is 30.7. The summed E-state index contributed by atoms with van der Waals surface area (Å²) in [6, 6.07) is 2.48. The number of aromatic nitrogens is 1. The van der Waals surface area contributed by atoms with Gasteiger partial charge in [0.05, 0.1) is 17.5 Å². The van der Waals surface area contributed by atoms with Gasteiger partial charge in [-0.2, -0.15) is 18.3 Å². The molecule has 0 saturated heterocycles. The molecule has 0 aliphatic rings. The van der Waals surface area contributed by atoms with E-state index in [9.17, 15) is 32.3 Å². The number of halogens is 4. The number of ether oxygens (including phenoxy) is 1. The highest BCUT2D eigenvalue weighted by atomic mass is 19.4. The van der Waals surface area contributed by atoms with Crippen LogP contribution in [-0.2, 0) is 4.79 Å². The van der Waals surface area contributed by atoms with E-state index in [0.29, 0.717) is 0 Å². The lowest BCUT2D eigenvalue weighted by Gasteiger charge is -2.13. The van der Waals surface area contributed by atoms with E-state index in [0.717, 1.165) is 18.3 Å². The third-order valence-electron chi connectivity index (χ3n) is 4.90. The van der Waals surface area contributed by atoms with Crippen molar-refractivity contribution >= 4 is 35.3 Å². The number of aromatic hydroxyl groups is 1. The van der Waals surface area contributed by atoms with Crippen LogP contribution in [0.5, 0.6) is 11.5 Å². The summed E-state index contributed by atoms with van der Waals surface area (Å²) in [4.78, 5) is 33.1. The number of benzene rings is 1. The van der Waals surface area contributed by atoms with Crippen LogP contribution in [0.2, 0.25) is 0 Å². The van der Waals surface area contributed by atoms with Gasteiger partial charge in [-0.05, 0) is 48.4 Å². The molecule has 208 valence electrons. The van der Waals surface area contributed by atoms with Crippen LogP contribution in [0.3, 0.4) is 0 Å². The van der Waals surface area contributed by atoms with E-state index in [1.54, 1.807) is 6.92 Å². The molecule has 1 atom stereocenters. The highest BCUT2D eigenvalue weighted by molar-refractivity contribution is 6.46. The summed E-state index contributed by atoms with van der Waals surface area (Å²) in [6.07, 6.45) is -3.26. The van der Waals surface area contributed by atoms with E-state index in [4.69, 9.17) is 10.1 Å². The predicted octanol–water partition coefficient (Wildman–Crippen LogP) is 4.85. The minimum absolute atomic E-state index is 0.102. The molecule has 0 saturated carbocycles. The number of nitrogens with one attached hydrogen (secondary N) is 2. The molecular weight excluding hydrogens is 526 g/mol. The normalized spacial score (nSPS) is 13.1. The molecule has 0 bridgehead atoms. The van der Waals surface area contributed by atoms with Gasteiger partial charge in [0.25, 0.3) is 5.91 Å². The lowest BCUT2D eigenvalue weighted by atomic mass is 10.1. The standard InChI is InChI=1S/C24H25F4N7O4/c1-4-6-19(24(26,27)28)34-35-32-12-15(29)11-17(33-21-18(36)7-5-8-31-21)23(38)39-20-13(2)9-14(25)10-16(20)22(37)30-3/h5,7-10,12,19,29,36H,4,6,11H2,1-3H3,(H,30,37)/b29-15?,32-12+,33-17?,35-34?. The van der Waals surface area contributed by atoms with Crippen molar-refractivity contribution in [1.82, 2.24) is 10.3 Å². The van der Waals surface area contributed by atoms with Crippen LogP contribution in [0.1, 0.15) is 42.1 Å². The molecule has 1 amide bonds. The molecule has 0 radical (unpaired) electrons. The first-order chi connectivity index (χ1) is 18.4. The molecule has 2 rings (SSSR count). The van der Waals surface area contributed by atoms with Gasteiger partial charge >= 0.3 is 12.1 Å². The summed E-state index contributed by atoms with van der Waals surface area (Å²) in [6.45, 7) is 2.95. The second-order valence-corrected chi connectivity index (χ2v) is 7.97. The molecule has 0 aliphatic carbocycles. The van der Waals surface area contributed by atoms with Crippen LogP contribution in [-0.4, -0.2) is 58.9 Å². The van der Waals surface area contributed by atoms with Crippen LogP contribution in [0.15, 0.2) is 50.9 Å². The molecule has 0 aliphatic heterocycles. The molecule has 1 aromatic carbocycles. The average molecular weight is 552 g/mol. The Bertz CT molecular complexity index is 1310. The topological polar surface area (TPSA) is 162 Å². The summed E-state index contributed by atoms with van der Waals surface area (Å²) in [5, 5.41) is 30.0. The van der Waals surface area contributed by atoms with E-state index >= 15 is 0 Å². The number of carbonyl (C=O) groups is 2. The zero-order chi connectivity index (χ0) is 29.2. The van der Waals surface area contributed by atoms with Crippen molar-refractivity contribution in [3.05, 3.63) is 47.4 Å². The van der Waals surface area contributed by atoms with E-state index in [-0.39, 0.29) is 35.5 Å². The van der Waals surface area contributed by atoms with E-state index in [1.807, 2.05) is 0 Å². The maximum absolute atomic E-state index is 13.9. The summed E-state index contributed by atoms with van der Waals surface area (Å²) < 4.78 is 58.1. The van der Waals surface area contributed by atoms with Crippen LogP contribution in [0.25, 0.3) is 0 Å². The number of amides is 1. The molecule has 3 N–H and O–H groups in total. The van der Waals surface area contributed by atoms with Crippen LogP contribution in [0, 0.1) is 18.2 Å². The average Bonchev–Trinajstić information content (AvgIpc) is 2.86. The molecule has 39 heavy (non-hydrogen) atoms. The SMILES string of the molecule is CCCC(N=N/N=C/C(=N)CC(=Nc1ncccc1O)C(=O)Oc1c(C)cc(F)cc1C(=O)NC)C(F)(F)F. The van der Waals surface area contributed by atoms with Crippen LogP contribution >= 0.6 is 0 Å². The zero-order valence-corrected chi connectivity index (χ0v) is 21.1. The summed E-state index contributed by atoms with van der Waals surface area (Å²) in [5.74, 6) is -3.66. The molecule has 0 spiro atoms. The third-order valence-corrected chi connectivity index (χ3v) is 4.90. The quantitative estimate of drug-likeness (QED) is 0.0907. The molecule has 15 heteroatoms. The first-order valence-corrected chi connectivity index (χ1v) is 11.4. The molecule has 2 aromatic rings. The molecule has 0 fully saturated rings. The minimum Gasteiger partial charge on any atom is -0.504 e. The summed E-state index contributed by atoms with van der Waals surface area (Å²) >= 11 is 0. The second-order valence-electron chi connectivity index (χ2n) is 7.97. The summed E-state index contributed by atoms with van der Waals surface area (Å²) in [5.41, 5.74) is -1.12. The molecule has 1 heterocycles. The van der Waals surface area contributed by atoms with Crippen LogP contribution in [0.4, 0.5) is 23.4 Å². The van der Waals surface area contributed by atoms with Crippen molar-refractivity contribution in [2.24, 2.45) is 20.4 Å². The van der Waals surface area contributed by atoms with Gasteiger partial charge in [0.2, 0.25) is 0 Å². The number of hydrogen-bond acceptors (Lipinski definition) is 9. The van der Waals surface area contributed by atoms with Crippen LogP contribution < -0.4 is 10.1 Å². The molecule has 1 aromatic heterocycles. The fourth-order valence-electron chi connectivity index (χ4n) is 3.05. The van der Waals surface area contributed by atoms with Gasteiger partial charge < -0.3 is 20.6 Å². The molecular formula is C24H25F4N7O4. The number of carbonyl (C=O) groups excluding carboxylic acids is 2. The van der Waals surface area contributed by atoms with Gasteiger partial charge in [0.1, 0.15) is 17.3 Å². The second kappa shape index (κ2) is 13.8. The number of esters is 1. The monoisotopic (exact) mass is 551 g/mol. The number of aryl methyl sites for hydroxylation is 1. The van der Waals surface area contributed by atoms with Gasteiger partial charge in [-0.15, -0.1) is 5.10 Å². The maximum atomic E-state index is 13.9. The Morgan fingerprint density at radius 3 is 2.64 bits per heavy atom. The Hall–Kier alpha value is -4.56. The van der Waals surface area contributed by atoms with E-state index < -0.39 is 53.5 Å². The number of pyridine rings is 1. The number of hydrogen-bond donors (Lipinski definition) is 3. The Kier molecular flexibility index (Phi) is 10.9. The van der Waals surface area contributed by atoms with Crippen molar-refractivity contribution < 1.29 is 37.0 Å². The smallest absolute Gasteiger partial charge is 0.412 e. The fraction of sp³-hybridized carbons (Fsp3) is 0.333. The molecule has 1 unspecified atom stereocenters. The number of aliphatic imine (C=N–C) groups is 1. The minimum atomic E-state index is -4.61. The largest absolute Gasteiger partial charge is 0.504 e. The Labute approximate surface area is 220 Å². The first-order valence-electron chi connectivity index (χ1n) is 11.4. The van der Waals surface area contributed by atoms with Gasteiger partial charge in [0, 0.05) is 19.7 Å². The van der Waals surface area contributed by atoms with E-state index in [1.165, 1.54) is 32.3 Å². The van der Waals surface area contributed by atoms with Crippen molar-refractivity contribution in [2.75, 3.05) is 7.05 Å². The number of alkyl halides is 3. The highest BCUT2D eigenvalue weighted by Gasteiger charge is 2.39. The molecule has 11 nitrogen and oxygen atoms in total. The predicted molar refractivity (Wildman–Crippen MR) is 134 cm³/mol. The Morgan fingerprint density at radius 1 is 1.31 bits per heavy atom. The van der Waals surface area contributed by atoms with Gasteiger partial charge in [-0.25, -0.2) is 19.2 Å². The van der Waals surface area contributed by atoms with Gasteiger partial charge in [0.15, 0.2) is 17.6 Å². The maximum Gasteiger partial charge on any atom is 0.412 e. The van der Waals surface area contributed by atoms with Crippen molar-refractivity contribution in [3.63, 3.8) is 0 Å². The van der Waals surface area contributed by atoms with E-state index in [2.05, 4.69) is 30.7 Å². The third kappa shape index (κ3) is 9.05. The zero-order valence-electron chi connectivity index (χ0n) is 21.1. The Balaban J connectivity index is 2.36. The van der Waals surface area contributed by atoms with Crippen molar-refractivity contribution in [3.8, 4) is 11.5 Å². The lowest BCUT2D eigenvalue weighted by Crippen LogP contribution is -2.26. The van der Waals surface area contributed by atoms with Crippen molar-refractivity contribution in [2.45, 2.75) is 45.3 Å². The lowest BCUT2D eigenvalue weighted by molar-refractivity contribution is -0.149. The number of rotatable bonds is 11. The van der Waals surface area contributed by atoms with Gasteiger partial charge in [-0.3, -0.25) is 4.79 Å². The van der Waals surface area contributed by atoms with Gasteiger partial charge in [-0.1, -0.05) is 13.3 Å². The number of nitrogens with zero attached hydrogens (tertiary/aromatic N) is 5. The Morgan fingerprint density at radius 2 is 2.03 bits per heavy atom. The highest BCUT2D eigenvalue weighted by Crippen LogP contribution is 2.28. The fourth-order valence-corrected chi connectivity index (χ4v) is 3.05. The van der Waals surface area contributed by atoms with Crippen molar-refractivity contribution in [1.29, 1.82) is 5.41 Å².